The number of amides is 1. The number of alkyl halides is 6. The number of halogens is 6. The van der Waals surface area contributed by atoms with E-state index in [2.05, 4.69) is 0 Å². The third kappa shape index (κ3) is 3.65. The molecular weight excluding hydrogens is 294 g/mol. The number of aromatic amines is 1. The van der Waals surface area contributed by atoms with Gasteiger partial charge in [-0.3, -0.25) is 4.79 Å². The van der Waals surface area contributed by atoms with Gasteiger partial charge in [-0.2, -0.15) is 26.3 Å². The van der Waals surface area contributed by atoms with Crippen molar-refractivity contribution >= 4 is 5.91 Å². The van der Waals surface area contributed by atoms with Gasteiger partial charge in [-0.1, -0.05) is 0 Å². The lowest BCUT2D eigenvalue weighted by Crippen LogP contribution is -2.51. The van der Waals surface area contributed by atoms with Crippen molar-refractivity contribution in [1.29, 1.82) is 0 Å². The van der Waals surface area contributed by atoms with Crippen molar-refractivity contribution in [3.63, 3.8) is 0 Å². The number of H-pyrrole nitrogens is 1. The van der Waals surface area contributed by atoms with E-state index >= 15 is 0 Å². The molecule has 3 N–H and O–H groups in total. The number of aromatic nitrogens is 1. The molecule has 1 aromatic rings. The van der Waals surface area contributed by atoms with Gasteiger partial charge in [0.2, 0.25) is 0 Å². The van der Waals surface area contributed by atoms with E-state index in [0.29, 0.717) is 19.2 Å². The minimum absolute atomic E-state index is 0.436. The van der Waals surface area contributed by atoms with Crippen LogP contribution in [0.25, 0.3) is 0 Å². The summed E-state index contributed by atoms with van der Waals surface area (Å²) in [5.74, 6) is -1.17. The summed E-state index contributed by atoms with van der Waals surface area (Å²) in [4.78, 5) is 13.2. The number of aliphatic hydroxyl groups is 1. The van der Waals surface area contributed by atoms with Crippen molar-refractivity contribution in [2.75, 3.05) is 6.54 Å². The molecule has 1 atom stereocenters. The Labute approximate surface area is 108 Å². The lowest BCUT2D eigenvalue weighted by Gasteiger charge is -2.26. The van der Waals surface area contributed by atoms with E-state index in [1.165, 1.54) is 0 Å². The molecule has 0 saturated carbocycles. The topological polar surface area (TPSA) is 65.1 Å². The van der Waals surface area contributed by atoms with Crippen LogP contribution in [-0.2, 0) is 6.18 Å². The molecule has 20 heavy (non-hydrogen) atoms. The second-order valence-electron chi connectivity index (χ2n) is 4.25. The molecule has 0 aliphatic rings. The molecule has 0 radical (unpaired) electrons. The summed E-state index contributed by atoms with van der Waals surface area (Å²) in [5, 5.41) is 10.8. The molecule has 1 aromatic heterocycles. The number of carbonyl (C=O) groups excluding carboxylic acids is 1. The normalized spacial score (nSPS) is 15.8. The lowest BCUT2D eigenvalue weighted by molar-refractivity contribution is -0.249. The second-order valence-corrected chi connectivity index (χ2v) is 4.25. The van der Waals surface area contributed by atoms with Crippen molar-refractivity contribution in [3.05, 3.63) is 23.5 Å². The fraction of sp³-hybridized carbons (Fsp3) is 0.500. The third-order valence-electron chi connectivity index (χ3n) is 2.45. The third-order valence-corrected chi connectivity index (χ3v) is 2.45. The van der Waals surface area contributed by atoms with Gasteiger partial charge in [-0.25, -0.2) is 0 Å². The van der Waals surface area contributed by atoms with Crippen LogP contribution < -0.4 is 5.32 Å². The number of rotatable bonds is 3. The van der Waals surface area contributed by atoms with Crippen LogP contribution in [0.5, 0.6) is 0 Å². The predicted molar refractivity (Wildman–Crippen MR) is 54.8 cm³/mol. The molecule has 0 bridgehead atoms. The number of hydrogen-bond acceptors (Lipinski definition) is 2. The number of nitrogens with one attached hydrogen (secondary N) is 2. The first-order chi connectivity index (χ1) is 8.84. The summed E-state index contributed by atoms with van der Waals surface area (Å²) in [6, 6.07) is 0.456. The van der Waals surface area contributed by atoms with Crippen molar-refractivity contribution in [2.24, 2.45) is 0 Å². The van der Waals surface area contributed by atoms with E-state index in [9.17, 15) is 31.1 Å². The molecular formula is C10H10F6N2O2. The Bertz CT molecular complexity index is 489. The molecule has 0 spiro atoms. The van der Waals surface area contributed by atoms with Crippen LogP contribution >= 0.6 is 0 Å². The molecule has 0 aromatic carbocycles. The zero-order chi connectivity index (χ0) is 15.8. The van der Waals surface area contributed by atoms with E-state index in [-0.39, 0.29) is 0 Å². The van der Waals surface area contributed by atoms with Gasteiger partial charge >= 0.3 is 12.4 Å². The monoisotopic (exact) mass is 304 g/mol. The average molecular weight is 304 g/mol. The van der Waals surface area contributed by atoms with Crippen LogP contribution in [0.4, 0.5) is 26.3 Å². The Morgan fingerprint density at radius 3 is 2.25 bits per heavy atom. The van der Waals surface area contributed by atoms with Crippen molar-refractivity contribution in [3.8, 4) is 0 Å². The molecule has 1 rings (SSSR count). The highest BCUT2D eigenvalue weighted by Crippen LogP contribution is 2.30. The van der Waals surface area contributed by atoms with E-state index in [0.717, 1.165) is 0 Å². The van der Waals surface area contributed by atoms with Gasteiger partial charge in [0, 0.05) is 6.20 Å². The molecule has 0 aliphatic carbocycles. The van der Waals surface area contributed by atoms with Crippen molar-refractivity contribution in [1.82, 2.24) is 10.3 Å². The quantitative estimate of drug-likeness (QED) is 0.749. The predicted octanol–water partition coefficient (Wildman–Crippen LogP) is 2.08. The zero-order valence-electron chi connectivity index (χ0n) is 9.99. The van der Waals surface area contributed by atoms with E-state index < -0.39 is 41.7 Å². The first-order valence-electron chi connectivity index (χ1n) is 5.17. The zero-order valence-corrected chi connectivity index (χ0v) is 9.99. The van der Waals surface area contributed by atoms with Crippen LogP contribution in [0.1, 0.15) is 23.0 Å². The summed E-state index contributed by atoms with van der Waals surface area (Å²) in [6.07, 6.45) is -8.97. The van der Waals surface area contributed by atoms with Crippen LogP contribution in [0.2, 0.25) is 0 Å². The summed E-state index contributed by atoms with van der Waals surface area (Å²) in [6.45, 7) is -0.743. The smallest absolute Gasteiger partial charge is 0.379 e. The fourth-order valence-electron chi connectivity index (χ4n) is 1.14. The van der Waals surface area contributed by atoms with Gasteiger partial charge in [0.1, 0.15) is 5.69 Å². The average Bonchev–Trinajstić information content (AvgIpc) is 2.73. The van der Waals surface area contributed by atoms with Crippen molar-refractivity contribution < 1.29 is 36.2 Å². The Kier molecular flexibility index (Phi) is 4.09. The number of hydrogen-bond donors (Lipinski definition) is 3. The van der Waals surface area contributed by atoms with E-state index in [4.69, 9.17) is 5.11 Å². The molecule has 0 saturated heterocycles. The highest BCUT2D eigenvalue weighted by Gasteiger charge is 2.50. The standard InChI is InChI=1S/C10H10F6N2O2/c1-8(20,10(14,15)16)4-18-7(19)5-2-6(17-3-5)9(11,12)13/h2-3,17,20H,4H2,1H3,(H,18,19)/t8-/m1/s1. The number of carbonyl (C=O) groups is 1. The summed E-state index contributed by atoms with van der Waals surface area (Å²) in [5.41, 5.74) is -4.87. The first kappa shape index (κ1) is 16.3. The lowest BCUT2D eigenvalue weighted by atomic mass is 10.1. The summed E-state index contributed by atoms with van der Waals surface area (Å²) in [7, 11) is 0. The van der Waals surface area contributed by atoms with Gasteiger partial charge in [0.05, 0.1) is 12.1 Å². The molecule has 0 aliphatic heterocycles. The SMILES string of the molecule is C[C@@](O)(CNC(=O)c1c[nH]c(C(F)(F)F)c1)C(F)(F)F. The Balaban J connectivity index is 2.72. The largest absolute Gasteiger partial charge is 0.431 e. The minimum Gasteiger partial charge on any atom is -0.379 e. The Morgan fingerprint density at radius 1 is 1.30 bits per heavy atom. The molecule has 114 valence electrons. The summed E-state index contributed by atoms with van der Waals surface area (Å²) >= 11 is 0. The molecule has 0 unspecified atom stereocenters. The van der Waals surface area contributed by atoms with E-state index in [1.54, 1.807) is 10.3 Å². The molecule has 4 nitrogen and oxygen atoms in total. The highest BCUT2D eigenvalue weighted by atomic mass is 19.4. The van der Waals surface area contributed by atoms with Crippen LogP contribution in [0, 0.1) is 0 Å². The maximum atomic E-state index is 12.3. The highest BCUT2D eigenvalue weighted by molar-refractivity contribution is 5.94. The van der Waals surface area contributed by atoms with Crippen molar-refractivity contribution in [2.45, 2.75) is 24.9 Å². The molecule has 10 heteroatoms. The van der Waals surface area contributed by atoms with Crippen LogP contribution in [0.3, 0.4) is 0 Å². The van der Waals surface area contributed by atoms with E-state index in [1.807, 2.05) is 0 Å². The Morgan fingerprint density at radius 2 is 1.85 bits per heavy atom. The molecule has 0 fully saturated rings. The van der Waals surface area contributed by atoms with Gasteiger partial charge in [0.25, 0.3) is 5.91 Å². The molecule has 1 heterocycles. The maximum absolute atomic E-state index is 12.3. The molecule has 1 amide bonds. The first-order valence-corrected chi connectivity index (χ1v) is 5.17. The van der Waals surface area contributed by atoms with Gasteiger partial charge in [0.15, 0.2) is 5.60 Å². The fourth-order valence-corrected chi connectivity index (χ4v) is 1.14. The second kappa shape index (κ2) is 5.00. The van der Waals surface area contributed by atoms with Crippen LogP contribution in [0.15, 0.2) is 12.3 Å². The van der Waals surface area contributed by atoms with Crippen LogP contribution in [-0.4, -0.2) is 34.3 Å². The summed E-state index contributed by atoms with van der Waals surface area (Å²) < 4.78 is 73.6. The van der Waals surface area contributed by atoms with Gasteiger partial charge < -0.3 is 15.4 Å². The maximum Gasteiger partial charge on any atom is 0.431 e. The minimum atomic E-state index is -4.98. The van der Waals surface area contributed by atoms with Gasteiger partial charge in [-0.15, -0.1) is 0 Å². The van der Waals surface area contributed by atoms with Gasteiger partial charge in [-0.05, 0) is 13.0 Å². The Hall–Kier alpha value is -1.71.